The number of nitrogens with zero attached hydrogens (tertiary/aromatic N) is 1. The lowest BCUT2D eigenvalue weighted by Gasteiger charge is -2.28. The summed E-state index contributed by atoms with van der Waals surface area (Å²) in [6, 6.07) is 7.56. The van der Waals surface area contributed by atoms with E-state index in [1.54, 1.807) is 18.2 Å². The Bertz CT molecular complexity index is 693. The third-order valence-corrected chi connectivity index (χ3v) is 5.19. The zero-order valence-electron chi connectivity index (χ0n) is 15.7. The van der Waals surface area contributed by atoms with E-state index in [2.05, 4.69) is 4.74 Å². The molecule has 0 aliphatic heterocycles. The molecule has 2 rings (SSSR count). The van der Waals surface area contributed by atoms with Gasteiger partial charge in [0.1, 0.15) is 11.8 Å². The molecule has 2 nitrogen and oxygen atoms in total. The smallest absolute Gasteiger partial charge is 0.406 e. The summed E-state index contributed by atoms with van der Waals surface area (Å²) in [4.78, 5) is 0. The summed E-state index contributed by atoms with van der Waals surface area (Å²) in [7, 11) is 0. The molecule has 1 aliphatic carbocycles. The number of hydrogen-bond acceptors (Lipinski definition) is 2. The normalized spacial score (nSPS) is 20.9. The van der Waals surface area contributed by atoms with Crippen LogP contribution in [0, 0.1) is 23.2 Å². The molecule has 0 saturated heterocycles. The number of allylic oxidation sites excluding steroid dienone is 4. The second kappa shape index (κ2) is 10.9. The number of benzene rings is 1. The van der Waals surface area contributed by atoms with Crippen molar-refractivity contribution in [1.29, 1.82) is 5.26 Å². The second-order valence-corrected chi connectivity index (χ2v) is 7.25. The first-order valence-electron chi connectivity index (χ1n) is 9.63. The Kier molecular flexibility index (Phi) is 8.56. The lowest BCUT2D eigenvalue weighted by atomic mass is 9.78. The van der Waals surface area contributed by atoms with Crippen molar-refractivity contribution in [2.45, 2.75) is 57.7 Å². The van der Waals surface area contributed by atoms with Crippen molar-refractivity contribution in [3.05, 3.63) is 53.9 Å². The average molecular weight is 395 g/mol. The van der Waals surface area contributed by atoms with E-state index in [1.165, 1.54) is 50.0 Å². The Hall–Kier alpha value is -2.29. The van der Waals surface area contributed by atoms with E-state index in [1.807, 2.05) is 6.08 Å². The van der Waals surface area contributed by atoms with Gasteiger partial charge in [0.2, 0.25) is 0 Å². The quantitative estimate of drug-likeness (QED) is 0.269. The van der Waals surface area contributed by atoms with Crippen molar-refractivity contribution in [3.8, 4) is 11.8 Å². The third-order valence-electron chi connectivity index (χ3n) is 5.19. The monoisotopic (exact) mass is 395 g/mol. The molecule has 1 aliphatic rings. The molecule has 0 unspecified atom stereocenters. The van der Waals surface area contributed by atoms with E-state index in [0.717, 1.165) is 31.2 Å². The van der Waals surface area contributed by atoms with E-state index < -0.39 is 12.2 Å². The highest BCUT2D eigenvalue weighted by Gasteiger charge is 2.31. The molecule has 1 saturated carbocycles. The Morgan fingerprint density at radius 3 is 2.25 bits per heavy atom. The predicted octanol–water partition coefficient (Wildman–Crippen LogP) is 7.04. The summed E-state index contributed by atoms with van der Waals surface area (Å²) in [5.74, 6) is 0.381. The van der Waals surface area contributed by atoms with Crippen LogP contribution in [0.1, 0.15) is 50.5 Å². The third kappa shape index (κ3) is 8.60. The van der Waals surface area contributed by atoms with Gasteiger partial charge in [-0.05, 0) is 61.3 Å². The van der Waals surface area contributed by atoms with Crippen LogP contribution in [0.2, 0.25) is 0 Å². The molecule has 0 N–H and O–H groups in total. The highest BCUT2D eigenvalue weighted by Crippen LogP contribution is 2.34. The number of nitriles is 1. The summed E-state index contributed by atoms with van der Waals surface area (Å²) < 4.78 is 53.0. The van der Waals surface area contributed by atoms with Crippen LogP contribution in [0.15, 0.2) is 48.3 Å². The highest BCUT2D eigenvalue weighted by molar-refractivity contribution is 5.27. The van der Waals surface area contributed by atoms with Crippen LogP contribution >= 0.6 is 0 Å². The lowest BCUT2D eigenvalue weighted by molar-refractivity contribution is -0.274. The molecular formula is C22H25F4NO. The SMILES string of the molecule is N#C/C(F)=C/C=C/CC[C@H]1CC[C@H](CCc2ccc(OC(F)(F)F)cc2)CC1. The fourth-order valence-electron chi connectivity index (χ4n) is 3.66. The van der Waals surface area contributed by atoms with Crippen molar-refractivity contribution in [2.75, 3.05) is 0 Å². The molecule has 0 atom stereocenters. The lowest BCUT2D eigenvalue weighted by Crippen LogP contribution is -2.17. The average Bonchev–Trinajstić information content (AvgIpc) is 2.66. The maximum absolute atomic E-state index is 12.6. The molecule has 0 aromatic heterocycles. The molecule has 0 bridgehead atoms. The number of aryl methyl sites for hydroxylation is 1. The number of halogens is 4. The molecule has 152 valence electrons. The van der Waals surface area contributed by atoms with E-state index in [0.29, 0.717) is 11.8 Å². The zero-order valence-corrected chi connectivity index (χ0v) is 15.7. The number of alkyl halides is 3. The van der Waals surface area contributed by atoms with Gasteiger partial charge < -0.3 is 4.74 Å². The van der Waals surface area contributed by atoms with Gasteiger partial charge in [-0.1, -0.05) is 50.0 Å². The van der Waals surface area contributed by atoms with Crippen LogP contribution < -0.4 is 4.74 Å². The molecule has 0 spiro atoms. The van der Waals surface area contributed by atoms with Crippen LogP contribution in [0.5, 0.6) is 5.75 Å². The largest absolute Gasteiger partial charge is 0.573 e. The van der Waals surface area contributed by atoms with Crippen LogP contribution in [-0.2, 0) is 6.42 Å². The van der Waals surface area contributed by atoms with Crippen LogP contribution in [0.4, 0.5) is 17.6 Å². The molecule has 0 radical (unpaired) electrons. The first-order valence-corrected chi connectivity index (χ1v) is 9.63. The molecule has 0 amide bonds. The summed E-state index contributed by atoms with van der Waals surface area (Å²) in [6.45, 7) is 0. The first kappa shape index (κ1) is 22.0. The molecule has 1 fully saturated rings. The van der Waals surface area contributed by atoms with Crippen LogP contribution in [0.25, 0.3) is 0 Å². The maximum Gasteiger partial charge on any atom is 0.573 e. The Labute approximate surface area is 163 Å². The maximum atomic E-state index is 12.6. The van der Waals surface area contributed by atoms with E-state index >= 15 is 0 Å². The molecular weight excluding hydrogens is 370 g/mol. The van der Waals surface area contributed by atoms with Gasteiger partial charge in [-0.3, -0.25) is 0 Å². The molecule has 28 heavy (non-hydrogen) atoms. The molecule has 1 aromatic carbocycles. The minimum Gasteiger partial charge on any atom is -0.406 e. The van der Waals surface area contributed by atoms with Gasteiger partial charge in [0.05, 0.1) is 0 Å². The topological polar surface area (TPSA) is 33.0 Å². The van der Waals surface area contributed by atoms with Gasteiger partial charge in [-0.15, -0.1) is 13.2 Å². The van der Waals surface area contributed by atoms with Crippen LogP contribution in [-0.4, -0.2) is 6.36 Å². The van der Waals surface area contributed by atoms with Gasteiger partial charge in [0.15, 0.2) is 5.83 Å². The fraction of sp³-hybridized carbons (Fsp3) is 0.500. The Balaban J connectivity index is 1.64. The number of hydrogen-bond donors (Lipinski definition) is 0. The van der Waals surface area contributed by atoms with Gasteiger partial charge in [0.25, 0.3) is 0 Å². The Morgan fingerprint density at radius 2 is 1.68 bits per heavy atom. The van der Waals surface area contributed by atoms with E-state index in [9.17, 15) is 17.6 Å². The predicted molar refractivity (Wildman–Crippen MR) is 100 cm³/mol. The summed E-state index contributed by atoms with van der Waals surface area (Å²) in [6.07, 6.45) is 8.59. The van der Waals surface area contributed by atoms with Gasteiger partial charge in [-0.2, -0.15) is 9.65 Å². The van der Waals surface area contributed by atoms with Crippen molar-refractivity contribution in [3.63, 3.8) is 0 Å². The minimum atomic E-state index is -4.65. The van der Waals surface area contributed by atoms with Crippen molar-refractivity contribution < 1.29 is 22.3 Å². The summed E-state index contributed by atoms with van der Waals surface area (Å²) in [5, 5.41) is 8.32. The summed E-state index contributed by atoms with van der Waals surface area (Å²) in [5.41, 5.74) is 1.03. The fourth-order valence-corrected chi connectivity index (χ4v) is 3.66. The van der Waals surface area contributed by atoms with Gasteiger partial charge in [-0.25, -0.2) is 0 Å². The van der Waals surface area contributed by atoms with Gasteiger partial charge >= 0.3 is 6.36 Å². The van der Waals surface area contributed by atoms with Crippen molar-refractivity contribution >= 4 is 0 Å². The molecule has 1 aromatic rings. The minimum absolute atomic E-state index is 0.184. The summed E-state index contributed by atoms with van der Waals surface area (Å²) >= 11 is 0. The van der Waals surface area contributed by atoms with Crippen molar-refractivity contribution in [2.24, 2.45) is 11.8 Å². The van der Waals surface area contributed by atoms with Crippen LogP contribution in [0.3, 0.4) is 0 Å². The second-order valence-electron chi connectivity index (χ2n) is 7.25. The van der Waals surface area contributed by atoms with Crippen molar-refractivity contribution in [1.82, 2.24) is 0 Å². The van der Waals surface area contributed by atoms with Gasteiger partial charge in [0, 0.05) is 0 Å². The van der Waals surface area contributed by atoms with E-state index in [-0.39, 0.29) is 5.75 Å². The highest BCUT2D eigenvalue weighted by atomic mass is 19.4. The molecule has 6 heteroatoms. The first-order chi connectivity index (χ1) is 13.4. The Morgan fingerprint density at radius 1 is 1.07 bits per heavy atom. The number of rotatable bonds is 8. The zero-order chi connectivity index (χ0) is 20.4. The molecule has 0 heterocycles. The number of ether oxygens (including phenoxy) is 1. The standard InChI is InChI=1S/C22H25F4NO/c23-20(16-27)5-3-1-2-4-17-6-8-18(9-7-17)10-11-19-12-14-21(15-13-19)28-22(24,25)26/h1,3,5,12-15,17-18H,2,4,6-11H2/b3-1+,20-5-/t17-,18-. The van der Waals surface area contributed by atoms with E-state index in [4.69, 9.17) is 5.26 Å².